The number of nitrogen functional groups attached to an aromatic ring is 1. The maximum atomic E-state index is 13.6. The SMILES string of the molecule is CCn1c(O)cc(SC[C@H](NC(=O)[C@H](CC(=O)O)NC(=O)[C@H](CCCN=C(N)N)NC(=O)CC[C@H](NC(=O)c2ccc(NCc3cnc4nc(N)[nH]c(=O)c4n3)cc2)C(=O)O)C(=O)O)c1O. The van der Waals surface area contributed by atoms with Gasteiger partial charge in [0, 0.05) is 42.6 Å². The van der Waals surface area contributed by atoms with Crippen LogP contribution >= 0.6 is 11.8 Å². The van der Waals surface area contributed by atoms with Gasteiger partial charge in [0.1, 0.15) is 24.2 Å². The van der Waals surface area contributed by atoms with E-state index in [1.165, 1.54) is 36.5 Å². The van der Waals surface area contributed by atoms with Gasteiger partial charge in [0.05, 0.1) is 29.8 Å². The Morgan fingerprint density at radius 3 is 2.17 bits per heavy atom. The van der Waals surface area contributed by atoms with E-state index >= 15 is 0 Å². The number of nitrogens with zero attached hydrogens (tertiary/aromatic N) is 5. The highest BCUT2D eigenvalue weighted by Gasteiger charge is 2.32. The molecule has 4 rings (SSSR count). The van der Waals surface area contributed by atoms with Gasteiger partial charge in [-0.3, -0.25) is 43.3 Å². The molecular weight excluding hydrogens is 893 g/mol. The van der Waals surface area contributed by atoms with Crippen LogP contribution in [0, 0.1) is 0 Å². The smallest absolute Gasteiger partial charge is 0.327 e. The number of nitrogens with one attached hydrogen (secondary N) is 6. The number of hydrogen-bond donors (Lipinski definition) is 14. The molecule has 0 unspecified atom stereocenters. The molecule has 3 heterocycles. The highest BCUT2D eigenvalue weighted by atomic mass is 32.2. The van der Waals surface area contributed by atoms with Crippen molar-refractivity contribution in [1.82, 2.24) is 45.8 Å². The van der Waals surface area contributed by atoms with E-state index in [1.54, 1.807) is 6.92 Å². The zero-order valence-electron chi connectivity index (χ0n) is 35.0. The Morgan fingerprint density at radius 1 is 0.879 bits per heavy atom. The van der Waals surface area contributed by atoms with Crippen LogP contribution in [-0.2, 0) is 41.9 Å². The number of carbonyl (C=O) groups excluding carboxylic acids is 4. The van der Waals surface area contributed by atoms with Crippen molar-refractivity contribution in [3.05, 3.63) is 58.1 Å². The van der Waals surface area contributed by atoms with Crippen LogP contribution in [0.25, 0.3) is 11.2 Å². The summed E-state index contributed by atoms with van der Waals surface area (Å²) < 4.78 is 1.14. The molecule has 0 radical (unpaired) electrons. The predicted molar refractivity (Wildman–Crippen MR) is 234 cm³/mol. The van der Waals surface area contributed by atoms with Gasteiger partial charge >= 0.3 is 17.9 Å². The number of thioether (sulfide) groups is 1. The fourth-order valence-corrected chi connectivity index (χ4v) is 7.00. The van der Waals surface area contributed by atoms with Gasteiger partial charge in [0.25, 0.3) is 11.5 Å². The normalized spacial score (nSPS) is 12.7. The molecule has 0 aliphatic heterocycles. The van der Waals surface area contributed by atoms with Gasteiger partial charge < -0.3 is 69.3 Å². The number of aromatic hydroxyl groups is 2. The lowest BCUT2D eigenvalue weighted by Crippen LogP contribution is -2.56. The number of anilines is 2. The van der Waals surface area contributed by atoms with Crippen molar-refractivity contribution in [3.63, 3.8) is 0 Å². The summed E-state index contributed by atoms with van der Waals surface area (Å²) in [6.45, 7) is 1.94. The topological polar surface area (TPSA) is 448 Å². The molecule has 28 heteroatoms. The second-order valence-electron chi connectivity index (χ2n) is 14.2. The molecule has 0 aliphatic rings. The molecule has 0 fully saturated rings. The second kappa shape index (κ2) is 23.5. The highest BCUT2D eigenvalue weighted by molar-refractivity contribution is 7.99. The molecule has 1 aromatic carbocycles. The lowest BCUT2D eigenvalue weighted by Gasteiger charge is -2.24. The Hall–Kier alpha value is -8.17. The molecule has 3 aromatic heterocycles. The summed E-state index contributed by atoms with van der Waals surface area (Å²) in [7, 11) is 0. The van der Waals surface area contributed by atoms with Crippen LogP contribution in [0.1, 0.15) is 55.1 Å². The summed E-state index contributed by atoms with van der Waals surface area (Å²) >= 11 is 0.770. The maximum Gasteiger partial charge on any atom is 0.327 e. The number of guanidine groups is 1. The number of aliphatic carboxylic acids is 3. The minimum atomic E-state index is -1.86. The van der Waals surface area contributed by atoms with Gasteiger partial charge in [-0.15, -0.1) is 11.8 Å². The van der Waals surface area contributed by atoms with Crippen molar-refractivity contribution >= 4 is 82.1 Å². The standard InChI is InChI=1S/C38H48N14O13S/c1-2-52-26(54)13-24(34(52)61)66-16-23(36(64)65)49-32(59)22(12-27(55)56)48-31(58)20(4-3-11-42-37(39)40)46-25(53)10-9-21(35(62)63)47-30(57)17-5-7-18(8-6-17)43-14-19-15-44-29-28(45-19)33(60)51-38(41)50-29/h5-8,13,15,20-23,43,54,61H,2-4,9-12,14,16H2,1H3,(H,46,53)(H,47,57)(H,48,58)(H,49,59)(H,55,56)(H,62,63)(H,64,65)(H4,39,40,42)(H3,41,44,50,51,60)/t20-,21-,22-,23-/m0/s1. The zero-order valence-corrected chi connectivity index (χ0v) is 35.8. The number of aliphatic imine (C=N–C) groups is 1. The van der Waals surface area contributed by atoms with E-state index in [0.29, 0.717) is 11.4 Å². The quantitative estimate of drug-likeness (QED) is 0.0147. The van der Waals surface area contributed by atoms with Crippen molar-refractivity contribution in [2.45, 2.75) is 81.2 Å². The van der Waals surface area contributed by atoms with Gasteiger partial charge in [-0.25, -0.2) is 19.6 Å². The monoisotopic (exact) mass is 940 g/mol. The van der Waals surface area contributed by atoms with E-state index in [1.807, 2.05) is 0 Å². The molecule has 66 heavy (non-hydrogen) atoms. The average Bonchev–Trinajstić information content (AvgIpc) is 3.53. The number of aromatic amines is 1. The lowest BCUT2D eigenvalue weighted by atomic mass is 10.1. The van der Waals surface area contributed by atoms with Crippen LogP contribution in [0.15, 0.2) is 51.2 Å². The Bertz CT molecular complexity index is 2530. The summed E-state index contributed by atoms with van der Waals surface area (Å²) in [4.78, 5) is 120. The molecule has 0 saturated carbocycles. The van der Waals surface area contributed by atoms with E-state index in [0.717, 1.165) is 16.3 Å². The van der Waals surface area contributed by atoms with Gasteiger partial charge in [0.2, 0.25) is 29.5 Å². The minimum absolute atomic E-state index is 0.0122. The van der Waals surface area contributed by atoms with E-state index in [9.17, 15) is 63.9 Å². The molecule has 4 atom stereocenters. The molecule has 17 N–H and O–H groups in total. The highest BCUT2D eigenvalue weighted by Crippen LogP contribution is 2.35. The number of H-pyrrole nitrogens is 1. The molecule has 4 aromatic rings. The van der Waals surface area contributed by atoms with Gasteiger partial charge in [-0.05, 0) is 50.5 Å². The number of aromatic nitrogens is 5. The first-order valence-electron chi connectivity index (χ1n) is 19.8. The number of amides is 4. The minimum Gasteiger partial charge on any atom is -0.494 e. The largest absolute Gasteiger partial charge is 0.494 e. The third-order valence-electron chi connectivity index (χ3n) is 9.33. The summed E-state index contributed by atoms with van der Waals surface area (Å²) in [5.41, 5.74) is 16.7. The van der Waals surface area contributed by atoms with E-state index in [2.05, 4.69) is 51.5 Å². The van der Waals surface area contributed by atoms with Crippen LogP contribution in [-0.4, -0.2) is 134 Å². The van der Waals surface area contributed by atoms with Crippen molar-refractivity contribution in [2.75, 3.05) is 23.3 Å². The number of fused-ring (bicyclic) bond motifs is 1. The zero-order chi connectivity index (χ0) is 48.7. The molecule has 354 valence electrons. The maximum absolute atomic E-state index is 13.6. The van der Waals surface area contributed by atoms with Crippen molar-refractivity contribution in [2.24, 2.45) is 16.5 Å². The van der Waals surface area contributed by atoms with Crippen LogP contribution in [0.5, 0.6) is 11.8 Å². The summed E-state index contributed by atoms with van der Waals surface area (Å²) in [5, 5.41) is 61.7. The fourth-order valence-electron chi connectivity index (χ4n) is 6.00. The molecule has 4 amide bonds. The third kappa shape index (κ3) is 14.7. The summed E-state index contributed by atoms with van der Waals surface area (Å²) in [6.07, 6.45) is -0.719. The number of carbonyl (C=O) groups is 7. The number of carboxylic acids is 3. The third-order valence-corrected chi connectivity index (χ3v) is 10.4. The first-order chi connectivity index (χ1) is 31.3. The average molecular weight is 941 g/mol. The Morgan fingerprint density at radius 2 is 1.55 bits per heavy atom. The van der Waals surface area contributed by atoms with Crippen molar-refractivity contribution < 1.29 is 59.1 Å². The summed E-state index contributed by atoms with van der Waals surface area (Å²) in [6, 6.07) is 0.457. The van der Waals surface area contributed by atoms with Crippen molar-refractivity contribution in [1.29, 1.82) is 0 Å². The van der Waals surface area contributed by atoms with E-state index in [4.69, 9.17) is 17.2 Å². The molecular formula is C38H48N14O13S. The second-order valence-corrected chi connectivity index (χ2v) is 15.3. The molecule has 0 saturated heterocycles. The molecule has 0 aliphatic carbocycles. The number of hydrogen-bond acceptors (Lipinski definition) is 17. The van der Waals surface area contributed by atoms with Crippen molar-refractivity contribution in [3.8, 4) is 11.8 Å². The predicted octanol–water partition coefficient (Wildman–Crippen LogP) is -2.04. The van der Waals surface area contributed by atoms with Gasteiger partial charge in [-0.2, -0.15) is 4.98 Å². The number of benzene rings is 1. The summed E-state index contributed by atoms with van der Waals surface area (Å²) in [5.74, 6) is -9.95. The van der Waals surface area contributed by atoms with Gasteiger partial charge in [0.15, 0.2) is 23.0 Å². The van der Waals surface area contributed by atoms with Crippen LogP contribution in [0.4, 0.5) is 11.6 Å². The van der Waals surface area contributed by atoms with Gasteiger partial charge in [-0.1, -0.05) is 0 Å². The lowest BCUT2D eigenvalue weighted by molar-refractivity contribution is -0.143. The van der Waals surface area contributed by atoms with E-state index in [-0.39, 0.29) is 77.8 Å². The first kappa shape index (κ1) is 50.5. The van der Waals surface area contributed by atoms with Crippen LogP contribution in [0.3, 0.4) is 0 Å². The Labute approximate surface area is 377 Å². The number of nitrogens with two attached hydrogens (primary N) is 3. The Balaban J connectivity index is 1.37. The van der Waals surface area contributed by atoms with E-state index < -0.39 is 96.3 Å². The van der Waals surface area contributed by atoms with Crippen LogP contribution < -0.4 is 49.3 Å². The van der Waals surface area contributed by atoms with Crippen LogP contribution in [0.2, 0.25) is 0 Å². The molecule has 0 bridgehead atoms. The molecule has 27 nitrogen and oxygen atoms in total. The Kier molecular flexibility index (Phi) is 18.0. The fraction of sp³-hybridized carbons (Fsp3) is 0.368. The molecule has 0 spiro atoms. The number of carboxylic acid groups (broad SMARTS) is 3. The number of rotatable bonds is 25. The first-order valence-corrected chi connectivity index (χ1v) is 20.8.